The van der Waals surface area contributed by atoms with Gasteiger partial charge >= 0.3 is 0 Å². The van der Waals surface area contributed by atoms with Crippen molar-refractivity contribution < 1.29 is 14.3 Å². The van der Waals surface area contributed by atoms with Crippen molar-refractivity contribution in [1.29, 1.82) is 0 Å². The molecule has 0 radical (unpaired) electrons. The topological polar surface area (TPSA) is 49.9 Å². The third-order valence-electron chi connectivity index (χ3n) is 4.87. The van der Waals surface area contributed by atoms with E-state index in [4.69, 9.17) is 4.74 Å². The highest BCUT2D eigenvalue weighted by atomic mass is 32.1. The molecule has 0 saturated carbocycles. The normalized spacial score (nSPS) is 14.1. The van der Waals surface area contributed by atoms with Gasteiger partial charge in [0.05, 0.1) is 4.88 Å². The minimum Gasteiger partial charge on any atom is -0.457 e. The van der Waals surface area contributed by atoms with Gasteiger partial charge in [-0.2, -0.15) is 0 Å². The molecule has 2 heterocycles. The molecule has 3 aromatic rings. The van der Waals surface area contributed by atoms with Crippen LogP contribution in [-0.4, -0.2) is 47.8 Å². The van der Waals surface area contributed by atoms with Crippen molar-refractivity contribution in [1.82, 2.24) is 9.80 Å². The monoisotopic (exact) mass is 418 g/mol. The Morgan fingerprint density at radius 1 is 0.833 bits per heavy atom. The van der Waals surface area contributed by atoms with Crippen LogP contribution in [0.3, 0.4) is 0 Å². The second-order valence-corrected chi connectivity index (χ2v) is 7.86. The lowest BCUT2D eigenvalue weighted by Crippen LogP contribution is -2.50. The van der Waals surface area contributed by atoms with Crippen LogP contribution >= 0.6 is 11.3 Å². The van der Waals surface area contributed by atoms with E-state index in [0.717, 1.165) is 21.9 Å². The lowest BCUT2D eigenvalue weighted by molar-refractivity contribution is -0.127. The zero-order chi connectivity index (χ0) is 20.8. The molecule has 1 fully saturated rings. The fourth-order valence-electron chi connectivity index (χ4n) is 3.27. The lowest BCUT2D eigenvalue weighted by Gasteiger charge is -2.34. The Bertz CT molecular complexity index is 1020. The molecule has 0 N–H and O–H groups in total. The molecule has 0 spiro atoms. The molecule has 30 heavy (non-hydrogen) atoms. The van der Waals surface area contributed by atoms with Crippen LogP contribution in [0.15, 0.2) is 78.2 Å². The molecule has 1 aliphatic rings. The molecule has 1 saturated heterocycles. The molecule has 0 aliphatic carbocycles. The predicted octanol–water partition coefficient (Wildman–Crippen LogP) is 4.54. The summed E-state index contributed by atoms with van der Waals surface area (Å²) in [5, 5.41) is 1.90. The zero-order valence-corrected chi connectivity index (χ0v) is 17.3. The third-order valence-corrected chi connectivity index (χ3v) is 5.72. The Labute approximate surface area is 179 Å². The van der Waals surface area contributed by atoms with Gasteiger partial charge in [-0.3, -0.25) is 9.59 Å². The van der Waals surface area contributed by atoms with Crippen molar-refractivity contribution in [3.63, 3.8) is 0 Å². The summed E-state index contributed by atoms with van der Waals surface area (Å²) in [4.78, 5) is 29.3. The van der Waals surface area contributed by atoms with Gasteiger partial charge in [0.2, 0.25) is 5.91 Å². The van der Waals surface area contributed by atoms with Gasteiger partial charge in [0.25, 0.3) is 5.91 Å². The molecule has 1 aromatic heterocycles. The average molecular weight is 419 g/mol. The van der Waals surface area contributed by atoms with Crippen molar-refractivity contribution in [2.75, 3.05) is 26.2 Å². The number of benzene rings is 2. The van der Waals surface area contributed by atoms with Crippen molar-refractivity contribution in [3.05, 3.63) is 88.6 Å². The molecule has 4 rings (SSSR count). The number of hydrogen-bond acceptors (Lipinski definition) is 4. The summed E-state index contributed by atoms with van der Waals surface area (Å²) in [7, 11) is 0. The van der Waals surface area contributed by atoms with Gasteiger partial charge in [0.1, 0.15) is 11.5 Å². The maximum atomic E-state index is 12.6. The molecular formula is C24H22N2O3S. The first-order chi connectivity index (χ1) is 14.7. The summed E-state index contributed by atoms with van der Waals surface area (Å²) in [5.74, 6) is 1.48. The van der Waals surface area contributed by atoms with Crippen LogP contribution in [0.2, 0.25) is 0 Å². The summed E-state index contributed by atoms with van der Waals surface area (Å²) in [6.45, 7) is 2.18. The van der Waals surface area contributed by atoms with E-state index in [1.54, 1.807) is 17.1 Å². The van der Waals surface area contributed by atoms with Crippen LogP contribution in [-0.2, 0) is 4.79 Å². The number of para-hydroxylation sites is 1. The number of thiophene rings is 1. The van der Waals surface area contributed by atoms with Gasteiger partial charge in [-0.1, -0.05) is 36.4 Å². The first-order valence-corrected chi connectivity index (χ1v) is 10.7. The molecule has 152 valence electrons. The number of piperazine rings is 1. The van der Waals surface area contributed by atoms with E-state index in [1.807, 2.05) is 77.0 Å². The number of hydrogen-bond donors (Lipinski definition) is 0. The predicted molar refractivity (Wildman–Crippen MR) is 119 cm³/mol. The molecule has 0 unspecified atom stereocenters. The second kappa shape index (κ2) is 9.41. The van der Waals surface area contributed by atoms with Crippen molar-refractivity contribution in [2.45, 2.75) is 0 Å². The maximum Gasteiger partial charge on any atom is 0.264 e. The number of rotatable bonds is 5. The number of carbonyl (C=O) groups excluding carboxylic acids is 2. The third kappa shape index (κ3) is 4.96. The highest BCUT2D eigenvalue weighted by Crippen LogP contribution is 2.22. The number of nitrogens with zero attached hydrogens (tertiary/aromatic N) is 2. The lowest BCUT2D eigenvalue weighted by atomic mass is 10.2. The molecule has 2 amide bonds. The average Bonchev–Trinajstić information content (AvgIpc) is 3.33. The Hall–Kier alpha value is -3.38. The van der Waals surface area contributed by atoms with Crippen molar-refractivity contribution >= 4 is 29.2 Å². The van der Waals surface area contributed by atoms with E-state index in [0.29, 0.717) is 26.2 Å². The van der Waals surface area contributed by atoms with Gasteiger partial charge < -0.3 is 14.5 Å². The van der Waals surface area contributed by atoms with E-state index in [1.165, 1.54) is 11.3 Å². The highest BCUT2D eigenvalue weighted by molar-refractivity contribution is 7.12. The molecule has 5 nitrogen and oxygen atoms in total. The fourth-order valence-corrected chi connectivity index (χ4v) is 3.96. The summed E-state index contributed by atoms with van der Waals surface area (Å²) in [5.41, 5.74) is 0.892. The Balaban J connectivity index is 1.32. The standard InChI is InChI=1S/C24H22N2O3S/c27-23(25-13-15-26(16-14-25)24(28)22-10-5-17-30-22)12-11-19-6-4-9-21(18-19)29-20-7-2-1-3-8-20/h1-12,17-18H,13-16H2/b12-11+. The van der Waals surface area contributed by atoms with Gasteiger partial charge in [-0.15, -0.1) is 11.3 Å². The first-order valence-electron chi connectivity index (χ1n) is 9.82. The van der Waals surface area contributed by atoms with E-state index in [2.05, 4.69) is 0 Å². The molecule has 0 bridgehead atoms. The number of carbonyl (C=O) groups is 2. The van der Waals surface area contributed by atoms with Gasteiger partial charge in [-0.25, -0.2) is 0 Å². The van der Waals surface area contributed by atoms with Crippen LogP contribution in [0, 0.1) is 0 Å². The zero-order valence-electron chi connectivity index (χ0n) is 16.4. The molecule has 0 atom stereocenters. The maximum absolute atomic E-state index is 12.6. The fraction of sp³-hybridized carbons (Fsp3) is 0.167. The Morgan fingerprint density at radius 3 is 2.30 bits per heavy atom. The highest BCUT2D eigenvalue weighted by Gasteiger charge is 2.24. The summed E-state index contributed by atoms with van der Waals surface area (Å²) in [6.07, 6.45) is 3.38. The van der Waals surface area contributed by atoms with Crippen molar-refractivity contribution in [2.24, 2.45) is 0 Å². The second-order valence-electron chi connectivity index (χ2n) is 6.92. The van der Waals surface area contributed by atoms with Crippen LogP contribution in [0.5, 0.6) is 11.5 Å². The number of ether oxygens (including phenoxy) is 1. The first kappa shape index (κ1) is 19.9. The van der Waals surface area contributed by atoms with Crippen LogP contribution in [0.4, 0.5) is 0 Å². The molecular weight excluding hydrogens is 396 g/mol. The molecule has 2 aromatic carbocycles. The van der Waals surface area contributed by atoms with E-state index >= 15 is 0 Å². The smallest absolute Gasteiger partial charge is 0.264 e. The Morgan fingerprint density at radius 2 is 1.57 bits per heavy atom. The minimum absolute atomic E-state index is 0.0443. The van der Waals surface area contributed by atoms with E-state index in [9.17, 15) is 9.59 Å². The summed E-state index contributed by atoms with van der Waals surface area (Å²) in [6, 6.07) is 20.9. The molecule has 6 heteroatoms. The largest absolute Gasteiger partial charge is 0.457 e. The number of amides is 2. The summed E-state index contributed by atoms with van der Waals surface area (Å²) >= 11 is 1.45. The quantitative estimate of drug-likeness (QED) is 0.572. The van der Waals surface area contributed by atoms with Crippen LogP contribution in [0.25, 0.3) is 6.08 Å². The minimum atomic E-state index is -0.0485. The van der Waals surface area contributed by atoms with E-state index < -0.39 is 0 Å². The van der Waals surface area contributed by atoms with Gasteiger partial charge in [-0.05, 0) is 47.4 Å². The summed E-state index contributed by atoms with van der Waals surface area (Å²) < 4.78 is 5.84. The van der Waals surface area contributed by atoms with Gasteiger partial charge in [0, 0.05) is 32.3 Å². The van der Waals surface area contributed by atoms with E-state index in [-0.39, 0.29) is 11.8 Å². The van der Waals surface area contributed by atoms with Crippen molar-refractivity contribution in [3.8, 4) is 11.5 Å². The van der Waals surface area contributed by atoms with Gasteiger partial charge in [0.15, 0.2) is 0 Å². The Kier molecular flexibility index (Phi) is 6.25. The van der Waals surface area contributed by atoms with Crippen LogP contribution in [0.1, 0.15) is 15.2 Å². The van der Waals surface area contributed by atoms with Crippen LogP contribution < -0.4 is 4.74 Å². The molecule has 1 aliphatic heterocycles. The SMILES string of the molecule is O=C(/C=C/c1cccc(Oc2ccccc2)c1)N1CCN(C(=O)c2cccs2)CC1.